The first kappa shape index (κ1) is 15.5. The van der Waals surface area contributed by atoms with Gasteiger partial charge in [0.2, 0.25) is 5.91 Å². The molecule has 1 amide bonds. The zero-order valence-corrected chi connectivity index (χ0v) is 13.8. The zero-order valence-electron chi connectivity index (χ0n) is 13.8. The Morgan fingerprint density at radius 1 is 1.23 bits per heavy atom. The van der Waals surface area contributed by atoms with E-state index in [0.29, 0.717) is 24.2 Å². The van der Waals surface area contributed by atoms with Gasteiger partial charge in [-0.15, -0.1) is 0 Å². The average Bonchev–Trinajstić information content (AvgIpc) is 2.46. The van der Waals surface area contributed by atoms with Crippen molar-refractivity contribution in [1.82, 2.24) is 5.32 Å². The Bertz CT molecular complexity index is 527. The fourth-order valence-electron chi connectivity index (χ4n) is 4.40. The molecule has 22 heavy (non-hydrogen) atoms. The van der Waals surface area contributed by atoms with Crippen LogP contribution in [-0.4, -0.2) is 11.5 Å². The van der Waals surface area contributed by atoms with Crippen LogP contribution in [0.5, 0.6) is 0 Å². The molecule has 1 aromatic carbocycles. The molecule has 1 N–H and O–H groups in total. The first-order chi connectivity index (χ1) is 10.5. The van der Waals surface area contributed by atoms with Gasteiger partial charge in [-0.2, -0.15) is 0 Å². The summed E-state index contributed by atoms with van der Waals surface area (Å²) in [6.07, 6.45) is 3.59. The number of amides is 1. The van der Waals surface area contributed by atoms with E-state index in [4.69, 9.17) is 4.74 Å². The van der Waals surface area contributed by atoms with Gasteiger partial charge in [0.1, 0.15) is 0 Å². The van der Waals surface area contributed by atoms with Crippen LogP contribution in [0, 0.1) is 17.8 Å². The Labute approximate surface area is 133 Å². The molecule has 0 aromatic heterocycles. The van der Waals surface area contributed by atoms with Gasteiger partial charge in [0.15, 0.2) is 6.23 Å². The summed E-state index contributed by atoms with van der Waals surface area (Å²) in [5, 5.41) is 3.02. The quantitative estimate of drug-likeness (QED) is 0.895. The van der Waals surface area contributed by atoms with Gasteiger partial charge in [-0.05, 0) is 30.6 Å². The number of rotatable bonds is 2. The van der Waals surface area contributed by atoms with Crippen LogP contribution in [0.25, 0.3) is 0 Å². The second-order valence-corrected chi connectivity index (χ2v) is 7.45. The van der Waals surface area contributed by atoms with E-state index in [1.807, 2.05) is 30.3 Å². The monoisotopic (exact) mass is 301 g/mol. The average molecular weight is 301 g/mol. The highest BCUT2D eigenvalue weighted by atomic mass is 16.5. The minimum absolute atomic E-state index is 0.125. The first-order valence-electron chi connectivity index (χ1n) is 8.52. The summed E-state index contributed by atoms with van der Waals surface area (Å²) in [6.45, 7) is 6.80. The summed E-state index contributed by atoms with van der Waals surface area (Å²) in [4.78, 5) is 12.4. The Balaban J connectivity index is 1.91. The Morgan fingerprint density at radius 3 is 2.64 bits per heavy atom. The first-order valence-corrected chi connectivity index (χ1v) is 8.52. The summed E-state index contributed by atoms with van der Waals surface area (Å²) in [7, 11) is 0. The van der Waals surface area contributed by atoms with E-state index in [2.05, 4.69) is 26.1 Å². The van der Waals surface area contributed by atoms with Crippen LogP contribution in [0.3, 0.4) is 0 Å². The molecule has 3 rings (SSSR count). The standard InChI is InChI=1S/C19H27NO2/c1-13(2)16-10-9-14(3)11-19(16)12-17(21)20-18(22-19)15-7-5-4-6-8-15/h4-8,13-14,16,18H,9-12H2,1-3H3,(H,20,21)/t14-,16+,18-,19-/m0/s1. The second-order valence-electron chi connectivity index (χ2n) is 7.45. The smallest absolute Gasteiger partial charge is 0.225 e. The lowest BCUT2D eigenvalue weighted by molar-refractivity contribution is -0.202. The largest absolute Gasteiger partial charge is 0.347 e. The molecule has 0 unspecified atom stereocenters. The lowest BCUT2D eigenvalue weighted by atomic mass is 9.65. The van der Waals surface area contributed by atoms with E-state index in [9.17, 15) is 4.79 Å². The molecule has 2 fully saturated rings. The third kappa shape index (κ3) is 2.91. The van der Waals surface area contributed by atoms with Crippen LogP contribution in [0.15, 0.2) is 30.3 Å². The maximum absolute atomic E-state index is 12.4. The fraction of sp³-hybridized carbons (Fsp3) is 0.632. The van der Waals surface area contributed by atoms with Crippen molar-refractivity contribution >= 4 is 5.91 Å². The minimum Gasteiger partial charge on any atom is -0.347 e. The fourth-order valence-corrected chi connectivity index (χ4v) is 4.40. The Morgan fingerprint density at radius 2 is 1.95 bits per heavy atom. The van der Waals surface area contributed by atoms with Crippen LogP contribution < -0.4 is 5.32 Å². The number of benzene rings is 1. The summed E-state index contributed by atoms with van der Waals surface area (Å²) in [6, 6.07) is 10.0. The van der Waals surface area contributed by atoms with Crippen molar-refractivity contribution in [2.24, 2.45) is 17.8 Å². The molecule has 4 atom stereocenters. The maximum Gasteiger partial charge on any atom is 0.225 e. The Kier molecular flexibility index (Phi) is 4.26. The van der Waals surface area contributed by atoms with Crippen molar-refractivity contribution in [3.8, 4) is 0 Å². The molecule has 3 nitrogen and oxygen atoms in total. The Hall–Kier alpha value is -1.35. The van der Waals surface area contributed by atoms with E-state index >= 15 is 0 Å². The summed E-state index contributed by atoms with van der Waals surface area (Å²) >= 11 is 0. The number of hydrogen-bond acceptors (Lipinski definition) is 2. The number of hydrogen-bond donors (Lipinski definition) is 1. The van der Waals surface area contributed by atoms with Crippen molar-refractivity contribution in [3.05, 3.63) is 35.9 Å². The van der Waals surface area contributed by atoms with Crippen LogP contribution in [0.4, 0.5) is 0 Å². The van der Waals surface area contributed by atoms with Crippen molar-refractivity contribution in [1.29, 1.82) is 0 Å². The van der Waals surface area contributed by atoms with Crippen LogP contribution >= 0.6 is 0 Å². The van der Waals surface area contributed by atoms with Gasteiger partial charge < -0.3 is 10.1 Å². The van der Waals surface area contributed by atoms with Gasteiger partial charge in [-0.1, -0.05) is 57.5 Å². The third-order valence-corrected chi connectivity index (χ3v) is 5.35. The minimum atomic E-state index is -0.311. The van der Waals surface area contributed by atoms with Crippen molar-refractivity contribution in [3.63, 3.8) is 0 Å². The van der Waals surface area contributed by atoms with E-state index in [1.54, 1.807) is 0 Å². The van der Waals surface area contributed by atoms with Gasteiger partial charge in [-0.3, -0.25) is 4.79 Å². The molecule has 0 radical (unpaired) electrons. The van der Waals surface area contributed by atoms with Gasteiger partial charge >= 0.3 is 0 Å². The summed E-state index contributed by atoms with van der Waals surface area (Å²) in [5.74, 6) is 1.74. The highest BCUT2D eigenvalue weighted by Gasteiger charge is 2.50. The molecule has 3 heteroatoms. The molecule has 1 aromatic rings. The number of carbonyl (C=O) groups is 1. The van der Waals surface area contributed by atoms with Crippen LogP contribution in [0.2, 0.25) is 0 Å². The predicted molar refractivity (Wildman–Crippen MR) is 87.1 cm³/mol. The van der Waals surface area contributed by atoms with Crippen molar-refractivity contribution in [2.75, 3.05) is 0 Å². The van der Waals surface area contributed by atoms with Crippen molar-refractivity contribution in [2.45, 2.75) is 58.3 Å². The lowest BCUT2D eigenvalue weighted by Gasteiger charge is -2.51. The van der Waals surface area contributed by atoms with Crippen molar-refractivity contribution < 1.29 is 9.53 Å². The highest BCUT2D eigenvalue weighted by Crippen LogP contribution is 2.48. The van der Waals surface area contributed by atoms with E-state index < -0.39 is 0 Å². The van der Waals surface area contributed by atoms with E-state index in [-0.39, 0.29) is 17.7 Å². The molecule has 0 bridgehead atoms. The normalized spacial score (nSPS) is 35.6. The summed E-state index contributed by atoms with van der Waals surface area (Å²) < 4.78 is 6.58. The zero-order chi connectivity index (χ0) is 15.7. The number of nitrogens with one attached hydrogen (secondary N) is 1. The molecule has 1 saturated heterocycles. The third-order valence-electron chi connectivity index (χ3n) is 5.35. The van der Waals surface area contributed by atoms with Gasteiger partial charge in [0.05, 0.1) is 12.0 Å². The number of ether oxygens (including phenoxy) is 1. The topological polar surface area (TPSA) is 38.3 Å². The second kappa shape index (κ2) is 6.04. The molecule has 1 aliphatic carbocycles. The summed E-state index contributed by atoms with van der Waals surface area (Å²) in [5.41, 5.74) is 0.741. The highest BCUT2D eigenvalue weighted by molar-refractivity contribution is 5.78. The SMILES string of the molecule is CC(C)[C@H]1CC[C@H](C)C[C@]12CC(=O)N[C@H](c1ccccc1)O2. The van der Waals surface area contributed by atoms with Crippen LogP contribution in [-0.2, 0) is 9.53 Å². The van der Waals surface area contributed by atoms with Gasteiger partial charge in [0, 0.05) is 5.56 Å². The van der Waals surface area contributed by atoms with Gasteiger partial charge in [-0.25, -0.2) is 0 Å². The molecular weight excluding hydrogens is 274 g/mol. The molecule has 1 aliphatic heterocycles. The van der Waals surface area contributed by atoms with E-state index in [0.717, 1.165) is 18.4 Å². The lowest BCUT2D eigenvalue weighted by Crippen LogP contribution is -2.56. The maximum atomic E-state index is 12.4. The predicted octanol–water partition coefficient (Wildman–Crippen LogP) is 4.05. The molecular formula is C19H27NO2. The van der Waals surface area contributed by atoms with Crippen LogP contribution in [0.1, 0.15) is 58.2 Å². The molecule has 1 spiro atoms. The molecule has 1 saturated carbocycles. The molecule has 2 aliphatic rings. The van der Waals surface area contributed by atoms with E-state index in [1.165, 1.54) is 6.42 Å². The number of carbonyl (C=O) groups excluding carboxylic acids is 1. The van der Waals surface area contributed by atoms with Gasteiger partial charge in [0.25, 0.3) is 0 Å². The molecule has 1 heterocycles. The molecule has 120 valence electrons.